The number of phosphoric acid groups is 1. The third kappa shape index (κ3) is 6.13. The average Bonchev–Trinajstić information content (AvgIpc) is 2.43. The first kappa shape index (κ1) is 17.3. The molecule has 1 atom stereocenters. The summed E-state index contributed by atoms with van der Waals surface area (Å²) in [7, 11) is -4.57. The highest BCUT2D eigenvalue weighted by Crippen LogP contribution is 2.36. The summed E-state index contributed by atoms with van der Waals surface area (Å²) in [5.41, 5.74) is 7.02. The smallest absolute Gasteiger partial charge is 0.394 e. The molecular weight excluding hydrogens is 281 g/mol. The summed E-state index contributed by atoms with van der Waals surface area (Å²) in [4.78, 5) is 17.3. The fourth-order valence-corrected chi connectivity index (χ4v) is 2.17. The van der Waals surface area contributed by atoms with Crippen LogP contribution in [-0.4, -0.2) is 33.6 Å². The molecule has 0 fully saturated rings. The van der Waals surface area contributed by atoms with Gasteiger partial charge in [-0.2, -0.15) is 0 Å². The van der Waals surface area contributed by atoms with E-state index in [1.54, 1.807) is 0 Å². The van der Waals surface area contributed by atoms with Crippen LogP contribution in [0.15, 0.2) is 24.3 Å². The lowest BCUT2D eigenvalue weighted by Gasteiger charge is -2.27. The molecule has 1 aromatic carbocycles. The van der Waals surface area contributed by atoms with Crippen LogP contribution in [0.4, 0.5) is 0 Å². The highest BCUT2D eigenvalue weighted by molar-refractivity contribution is 7.46. The SMILES string of the molecule is CCc1ccc(CCC(N)(CO)COP(=O)(O)O)cc1. The fraction of sp³-hybridized carbons (Fsp3) is 0.538. The fourth-order valence-electron chi connectivity index (χ4n) is 1.74. The third-order valence-electron chi connectivity index (χ3n) is 3.18. The zero-order valence-electron chi connectivity index (χ0n) is 11.5. The number of rotatable bonds is 8. The van der Waals surface area contributed by atoms with E-state index in [0.29, 0.717) is 12.8 Å². The van der Waals surface area contributed by atoms with Crippen molar-refractivity contribution in [3.63, 3.8) is 0 Å². The number of phosphoric ester groups is 1. The molecule has 0 aliphatic rings. The van der Waals surface area contributed by atoms with Gasteiger partial charge in [-0.25, -0.2) is 4.57 Å². The standard InChI is InChI=1S/C13H22NO5P/c1-2-11-3-5-12(6-4-11)7-8-13(14,9-15)10-19-20(16,17)18/h3-6,15H,2,7-10,14H2,1H3,(H2,16,17,18). The van der Waals surface area contributed by atoms with Crippen LogP contribution in [0.3, 0.4) is 0 Å². The molecule has 5 N–H and O–H groups in total. The summed E-state index contributed by atoms with van der Waals surface area (Å²) in [5, 5.41) is 9.28. The van der Waals surface area contributed by atoms with Gasteiger partial charge in [0.05, 0.1) is 18.8 Å². The van der Waals surface area contributed by atoms with Crippen molar-refractivity contribution in [2.45, 2.75) is 31.7 Å². The first-order chi connectivity index (χ1) is 9.28. The topological polar surface area (TPSA) is 113 Å². The Hall–Kier alpha value is -0.750. The Labute approximate surface area is 118 Å². The monoisotopic (exact) mass is 303 g/mol. The predicted molar refractivity (Wildman–Crippen MR) is 76.1 cm³/mol. The van der Waals surface area contributed by atoms with Crippen molar-refractivity contribution < 1.29 is 24.0 Å². The first-order valence-corrected chi connectivity index (χ1v) is 7.99. The lowest BCUT2D eigenvalue weighted by atomic mass is 9.93. The van der Waals surface area contributed by atoms with Crippen LogP contribution in [0.5, 0.6) is 0 Å². The quantitative estimate of drug-likeness (QED) is 0.532. The van der Waals surface area contributed by atoms with E-state index in [-0.39, 0.29) is 6.61 Å². The normalized spacial score (nSPS) is 15.1. The van der Waals surface area contributed by atoms with Gasteiger partial charge in [-0.3, -0.25) is 4.52 Å². The maximum atomic E-state index is 10.7. The molecule has 0 aliphatic carbocycles. The maximum Gasteiger partial charge on any atom is 0.469 e. The van der Waals surface area contributed by atoms with Crippen molar-refractivity contribution >= 4 is 7.82 Å². The van der Waals surface area contributed by atoms with E-state index in [1.165, 1.54) is 5.56 Å². The Balaban J connectivity index is 2.56. The molecule has 0 heterocycles. The van der Waals surface area contributed by atoms with Crippen molar-refractivity contribution in [2.24, 2.45) is 5.73 Å². The minimum absolute atomic E-state index is 0.370. The van der Waals surface area contributed by atoms with Crippen molar-refractivity contribution in [2.75, 3.05) is 13.2 Å². The second-order valence-corrected chi connectivity index (χ2v) is 6.19. The lowest BCUT2D eigenvalue weighted by molar-refractivity contribution is 0.102. The van der Waals surface area contributed by atoms with Gasteiger partial charge in [0.15, 0.2) is 0 Å². The van der Waals surface area contributed by atoms with Gasteiger partial charge >= 0.3 is 7.82 Å². The Morgan fingerprint density at radius 3 is 2.25 bits per heavy atom. The first-order valence-electron chi connectivity index (χ1n) is 6.45. The van der Waals surface area contributed by atoms with Gasteiger partial charge in [0, 0.05) is 0 Å². The zero-order chi connectivity index (χ0) is 15.2. The highest BCUT2D eigenvalue weighted by atomic mass is 31.2. The Morgan fingerprint density at radius 2 is 1.80 bits per heavy atom. The van der Waals surface area contributed by atoms with Gasteiger partial charge in [0.1, 0.15) is 0 Å². The summed E-state index contributed by atoms with van der Waals surface area (Å²) in [6, 6.07) is 8.03. The molecule has 0 saturated carbocycles. The molecule has 114 valence electrons. The van der Waals surface area contributed by atoms with E-state index in [9.17, 15) is 9.67 Å². The Morgan fingerprint density at radius 1 is 1.25 bits per heavy atom. The zero-order valence-corrected chi connectivity index (χ0v) is 12.4. The second-order valence-electron chi connectivity index (χ2n) is 4.95. The summed E-state index contributed by atoms with van der Waals surface area (Å²) in [6.45, 7) is 1.28. The molecule has 7 heteroatoms. The number of nitrogens with two attached hydrogens (primary N) is 1. The lowest BCUT2D eigenvalue weighted by Crippen LogP contribution is -2.48. The largest absolute Gasteiger partial charge is 0.469 e. The average molecular weight is 303 g/mol. The Kier molecular flexibility index (Phi) is 6.33. The number of benzene rings is 1. The van der Waals surface area contributed by atoms with E-state index < -0.39 is 20.0 Å². The molecule has 0 amide bonds. The maximum absolute atomic E-state index is 10.7. The third-order valence-corrected chi connectivity index (χ3v) is 3.64. The van der Waals surface area contributed by atoms with E-state index in [4.69, 9.17) is 15.5 Å². The van der Waals surface area contributed by atoms with E-state index >= 15 is 0 Å². The van der Waals surface area contributed by atoms with Gasteiger partial charge in [0.2, 0.25) is 0 Å². The second kappa shape index (κ2) is 7.31. The van der Waals surface area contributed by atoms with Gasteiger partial charge in [-0.1, -0.05) is 31.2 Å². The summed E-state index contributed by atoms with van der Waals surface area (Å²) in [6.07, 6.45) is 1.94. The Bertz CT molecular complexity index is 458. The van der Waals surface area contributed by atoms with Crippen LogP contribution in [-0.2, 0) is 21.9 Å². The molecule has 1 rings (SSSR count). The summed E-state index contributed by atoms with van der Waals surface area (Å²) >= 11 is 0. The molecule has 0 aliphatic heterocycles. The van der Waals surface area contributed by atoms with E-state index in [1.807, 2.05) is 24.3 Å². The van der Waals surface area contributed by atoms with E-state index in [0.717, 1.165) is 12.0 Å². The molecule has 0 spiro atoms. The number of hydrogen-bond donors (Lipinski definition) is 4. The number of aliphatic hydroxyl groups is 1. The van der Waals surface area contributed by atoms with Gasteiger partial charge in [0.25, 0.3) is 0 Å². The summed E-state index contributed by atoms with van der Waals surface area (Å²) in [5.74, 6) is 0. The number of hydrogen-bond acceptors (Lipinski definition) is 4. The molecule has 0 aromatic heterocycles. The van der Waals surface area contributed by atoms with Gasteiger partial charge in [-0.05, 0) is 30.4 Å². The number of aryl methyl sites for hydroxylation is 2. The molecule has 0 radical (unpaired) electrons. The van der Waals surface area contributed by atoms with Crippen LogP contribution in [0.2, 0.25) is 0 Å². The minimum atomic E-state index is -4.57. The molecule has 1 unspecified atom stereocenters. The van der Waals surface area contributed by atoms with Crippen molar-refractivity contribution in [3.8, 4) is 0 Å². The van der Waals surface area contributed by atoms with Crippen LogP contribution in [0.1, 0.15) is 24.5 Å². The molecule has 0 saturated heterocycles. The van der Waals surface area contributed by atoms with Crippen LogP contribution < -0.4 is 5.73 Å². The molecular formula is C13H22NO5P. The molecule has 0 bridgehead atoms. The summed E-state index contributed by atoms with van der Waals surface area (Å²) < 4.78 is 15.1. The minimum Gasteiger partial charge on any atom is -0.394 e. The van der Waals surface area contributed by atoms with Crippen molar-refractivity contribution in [1.82, 2.24) is 0 Å². The molecule has 20 heavy (non-hydrogen) atoms. The van der Waals surface area contributed by atoms with Crippen LogP contribution >= 0.6 is 7.82 Å². The predicted octanol–water partition coefficient (Wildman–Crippen LogP) is 0.981. The van der Waals surface area contributed by atoms with E-state index in [2.05, 4.69) is 11.4 Å². The van der Waals surface area contributed by atoms with Gasteiger partial charge in [-0.15, -0.1) is 0 Å². The molecule has 6 nitrogen and oxygen atoms in total. The van der Waals surface area contributed by atoms with Crippen molar-refractivity contribution in [3.05, 3.63) is 35.4 Å². The highest BCUT2D eigenvalue weighted by Gasteiger charge is 2.28. The van der Waals surface area contributed by atoms with Gasteiger partial charge < -0.3 is 20.6 Å². The molecule has 1 aromatic rings. The number of aliphatic hydroxyl groups excluding tert-OH is 1. The van der Waals surface area contributed by atoms with Crippen LogP contribution in [0.25, 0.3) is 0 Å². The van der Waals surface area contributed by atoms with Crippen LogP contribution in [0, 0.1) is 0 Å². The van der Waals surface area contributed by atoms with Crippen molar-refractivity contribution in [1.29, 1.82) is 0 Å².